The van der Waals surface area contributed by atoms with Crippen molar-refractivity contribution in [1.82, 2.24) is 34.8 Å². The predicted molar refractivity (Wildman–Crippen MR) is 106 cm³/mol. The Kier molecular flexibility index (Phi) is 6.64. The van der Waals surface area contributed by atoms with E-state index >= 15 is 0 Å². The summed E-state index contributed by atoms with van der Waals surface area (Å²) in [5.74, 6) is 1.03. The Morgan fingerprint density at radius 3 is 2.63 bits per heavy atom. The summed E-state index contributed by atoms with van der Waals surface area (Å²) in [5, 5.41) is 11.2. The highest BCUT2D eigenvalue weighted by molar-refractivity contribution is 7.09. The van der Waals surface area contributed by atoms with Gasteiger partial charge in [-0.3, -0.25) is 4.90 Å². The van der Waals surface area contributed by atoms with E-state index in [2.05, 4.69) is 42.5 Å². The van der Waals surface area contributed by atoms with E-state index in [1.165, 1.54) is 10.7 Å². The van der Waals surface area contributed by atoms with E-state index in [0.717, 1.165) is 45.8 Å². The van der Waals surface area contributed by atoms with E-state index in [1.54, 1.807) is 22.9 Å². The van der Waals surface area contributed by atoms with Crippen molar-refractivity contribution >= 4 is 28.3 Å². The molecule has 4 rings (SSSR count). The van der Waals surface area contributed by atoms with Gasteiger partial charge in [-0.2, -0.15) is 0 Å². The van der Waals surface area contributed by atoms with Crippen LogP contribution in [0.1, 0.15) is 30.4 Å². The minimum Gasteiger partial charge on any atom is -0.382 e. The average molecular weight is 391 g/mol. The average Bonchev–Trinajstić information content (AvgIpc) is 3.29. The number of ether oxygens (including phenoxy) is 1. The standard InChI is InChI=1S/C10H16N2OS.C7H10N6/c1-2-9-8-14-10(11-9)7-12-3-5-13-6-4-12;1-3-13-7-5(11-12-13)6(8)9-4(2)10-7/h8H,2-7H2,1H3;3H2,1-2H3,(H2,8,9,10). The smallest absolute Gasteiger partial charge is 0.184 e. The van der Waals surface area contributed by atoms with Gasteiger partial charge in [-0.05, 0) is 20.3 Å². The summed E-state index contributed by atoms with van der Waals surface area (Å²) in [4.78, 5) is 15.2. The van der Waals surface area contributed by atoms with Crippen LogP contribution in [0, 0.1) is 6.92 Å². The molecule has 0 amide bonds. The zero-order valence-corrected chi connectivity index (χ0v) is 16.9. The first-order valence-electron chi connectivity index (χ1n) is 9.17. The molecule has 1 aliphatic rings. The summed E-state index contributed by atoms with van der Waals surface area (Å²) >= 11 is 1.77. The van der Waals surface area contributed by atoms with Gasteiger partial charge in [0, 0.05) is 25.0 Å². The maximum absolute atomic E-state index is 5.66. The number of nitrogens with zero attached hydrogens (tertiary/aromatic N) is 7. The lowest BCUT2D eigenvalue weighted by Crippen LogP contribution is -2.35. The van der Waals surface area contributed by atoms with Gasteiger partial charge in [-0.25, -0.2) is 19.6 Å². The number of hydrogen-bond donors (Lipinski definition) is 1. The fourth-order valence-electron chi connectivity index (χ4n) is 2.74. The summed E-state index contributed by atoms with van der Waals surface area (Å²) < 4.78 is 7.00. The largest absolute Gasteiger partial charge is 0.382 e. The number of rotatable bonds is 4. The Morgan fingerprint density at radius 2 is 1.96 bits per heavy atom. The minimum absolute atomic E-state index is 0.391. The van der Waals surface area contributed by atoms with Gasteiger partial charge in [0.05, 0.1) is 25.5 Å². The lowest BCUT2D eigenvalue weighted by atomic mass is 10.4. The molecule has 1 saturated heterocycles. The van der Waals surface area contributed by atoms with Gasteiger partial charge < -0.3 is 10.5 Å². The van der Waals surface area contributed by atoms with Crippen LogP contribution in [-0.4, -0.2) is 61.1 Å². The van der Waals surface area contributed by atoms with Crippen LogP contribution in [-0.2, 0) is 24.2 Å². The summed E-state index contributed by atoms with van der Waals surface area (Å²) in [6, 6.07) is 0. The van der Waals surface area contributed by atoms with Gasteiger partial charge in [-0.1, -0.05) is 12.1 Å². The molecule has 0 radical (unpaired) electrons. The van der Waals surface area contributed by atoms with Crippen LogP contribution in [0.4, 0.5) is 5.82 Å². The molecule has 0 aliphatic carbocycles. The normalized spacial score (nSPS) is 14.9. The van der Waals surface area contributed by atoms with Crippen LogP contribution in [0.25, 0.3) is 11.2 Å². The van der Waals surface area contributed by atoms with Crippen molar-refractivity contribution in [1.29, 1.82) is 0 Å². The second-order valence-corrected chi connectivity index (χ2v) is 7.15. The first-order chi connectivity index (χ1) is 13.1. The maximum Gasteiger partial charge on any atom is 0.184 e. The third-order valence-corrected chi connectivity index (χ3v) is 5.11. The molecule has 3 aromatic rings. The SMILES string of the molecule is CCc1csc(CN2CCOCC2)n1.CCn1nnc2c(N)nc(C)nc21. The summed E-state index contributed by atoms with van der Waals surface area (Å²) in [6.45, 7) is 11.5. The first-order valence-corrected chi connectivity index (χ1v) is 10.0. The molecule has 1 fully saturated rings. The number of aromatic nitrogens is 6. The van der Waals surface area contributed by atoms with E-state index in [4.69, 9.17) is 10.5 Å². The lowest BCUT2D eigenvalue weighted by Gasteiger charge is -2.25. The van der Waals surface area contributed by atoms with E-state index in [1.807, 2.05) is 6.92 Å². The number of morpholine rings is 1. The first kappa shape index (κ1) is 19.6. The second kappa shape index (κ2) is 9.16. The molecule has 0 unspecified atom stereocenters. The highest BCUT2D eigenvalue weighted by Crippen LogP contribution is 2.14. The van der Waals surface area contributed by atoms with Gasteiger partial charge in [-0.15, -0.1) is 16.4 Å². The Hall–Kier alpha value is -2.17. The molecule has 146 valence electrons. The van der Waals surface area contributed by atoms with Crippen LogP contribution in [0.2, 0.25) is 0 Å². The van der Waals surface area contributed by atoms with Crippen molar-refractivity contribution < 1.29 is 4.74 Å². The molecule has 0 spiro atoms. The van der Waals surface area contributed by atoms with E-state index < -0.39 is 0 Å². The Balaban J connectivity index is 0.000000156. The van der Waals surface area contributed by atoms with Gasteiger partial charge in [0.15, 0.2) is 17.0 Å². The topological polar surface area (TPSA) is 108 Å². The predicted octanol–water partition coefficient (Wildman–Crippen LogP) is 1.67. The summed E-state index contributed by atoms with van der Waals surface area (Å²) in [6.07, 6.45) is 1.04. The molecular weight excluding hydrogens is 364 g/mol. The van der Waals surface area contributed by atoms with Gasteiger partial charge >= 0.3 is 0 Å². The molecule has 2 N–H and O–H groups in total. The summed E-state index contributed by atoms with van der Waals surface area (Å²) in [7, 11) is 0. The van der Waals surface area contributed by atoms with E-state index in [0.29, 0.717) is 22.8 Å². The molecule has 10 heteroatoms. The molecule has 3 aromatic heterocycles. The number of aryl methyl sites for hydroxylation is 3. The van der Waals surface area contributed by atoms with Gasteiger partial charge in [0.25, 0.3) is 0 Å². The number of nitrogens with two attached hydrogens (primary N) is 1. The zero-order chi connectivity index (χ0) is 19.2. The molecule has 1 aliphatic heterocycles. The third kappa shape index (κ3) is 4.96. The minimum atomic E-state index is 0.391. The molecule has 4 heterocycles. The van der Waals surface area contributed by atoms with Crippen molar-refractivity contribution in [3.8, 4) is 0 Å². The molecule has 0 saturated carbocycles. The number of hydrogen-bond acceptors (Lipinski definition) is 9. The van der Waals surface area contributed by atoms with Crippen LogP contribution >= 0.6 is 11.3 Å². The van der Waals surface area contributed by atoms with Crippen molar-refractivity contribution in [2.24, 2.45) is 0 Å². The Labute approximate surface area is 162 Å². The van der Waals surface area contributed by atoms with Gasteiger partial charge in [0.1, 0.15) is 10.8 Å². The zero-order valence-electron chi connectivity index (χ0n) is 16.1. The Morgan fingerprint density at radius 1 is 1.19 bits per heavy atom. The van der Waals surface area contributed by atoms with Gasteiger partial charge in [0.2, 0.25) is 0 Å². The quantitative estimate of drug-likeness (QED) is 0.717. The highest BCUT2D eigenvalue weighted by Gasteiger charge is 2.12. The molecule has 9 nitrogen and oxygen atoms in total. The third-order valence-electron chi connectivity index (χ3n) is 4.23. The van der Waals surface area contributed by atoms with E-state index in [9.17, 15) is 0 Å². The monoisotopic (exact) mass is 390 g/mol. The van der Waals surface area contributed by atoms with E-state index in [-0.39, 0.29) is 0 Å². The van der Waals surface area contributed by atoms with Crippen LogP contribution in [0.15, 0.2) is 5.38 Å². The second-order valence-electron chi connectivity index (χ2n) is 6.21. The molecule has 0 atom stereocenters. The van der Waals surface area contributed by atoms with Crippen LogP contribution in [0.5, 0.6) is 0 Å². The summed E-state index contributed by atoms with van der Waals surface area (Å²) in [5.41, 5.74) is 8.16. The fourth-order valence-corrected chi connectivity index (χ4v) is 3.66. The number of thiazole rings is 1. The number of anilines is 1. The molecule has 0 aromatic carbocycles. The number of fused-ring (bicyclic) bond motifs is 1. The van der Waals surface area contributed by atoms with Crippen LogP contribution < -0.4 is 5.73 Å². The fraction of sp³-hybridized carbons (Fsp3) is 0.588. The van der Waals surface area contributed by atoms with Crippen molar-refractivity contribution in [3.05, 3.63) is 21.9 Å². The molecule has 27 heavy (non-hydrogen) atoms. The lowest BCUT2D eigenvalue weighted by molar-refractivity contribution is 0.0341. The molecular formula is C17H26N8OS. The maximum atomic E-state index is 5.66. The van der Waals surface area contributed by atoms with Crippen molar-refractivity contribution in [2.45, 2.75) is 40.3 Å². The number of nitrogen functional groups attached to an aromatic ring is 1. The van der Waals surface area contributed by atoms with Crippen molar-refractivity contribution in [3.63, 3.8) is 0 Å². The highest BCUT2D eigenvalue weighted by atomic mass is 32.1. The van der Waals surface area contributed by atoms with Crippen molar-refractivity contribution in [2.75, 3.05) is 32.0 Å². The van der Waals surface area contributed by atoms with Crippen LogP contribution in [0.3, 0.4) is 0 Å². The molecule has 0 bridgehead atoms. The Bertz CT molecular complexity index is 871.